The molecule has 7 heteroatoms. The second-order valence-corrected chi connectivity index (χ2v) is 10.3. The number of benzene rings is 4. The van der Waals surface area contributed by atoms with E-state index in [1.165, 1.54) is 0 Å². The summed E-state index contributed by atoms with van der Waals surface area (Å²) in [5.41, 5.74) is 5.99. The SMILES string of the molecule is [B]c1ccc(-c2ccc(OCc3cccc(OCc4c(-c5c(Cl)cccc5Cl)noc4C(C)C)c3)cc2)cc1. The molecule has 0 aliphatic rings. The van der Waals surface area contributed by atoms with Gasteiger partial charge in [0.15, 0.2) is 0 Å². The molecule has 0 N–H and O–H groups in total. The summed E-state index contributed by atoms with van der Waals surface area (Å²) in [4.78, 5) is 0. The van der Waals surface area contributed by atoms with Gasteiger partial charge in [-0.15, -0.1) is 0 Å². The van der Waals surface area contributed by atoms with Crippen LogP contribution in [0.25, 0.3) is 22.4 Å². The molecular weight excluding hydrogens is 528 g/mol. The molecule has 0 aliphatic carbocycles. The van der Waals surface area contributed by atoms with Crippen LogP contribution in [-0.4, -0.2) is 13.0 Å². The van der Waals surface area contributed by atoms with E-state index in [2.05, 4.69) is 5.16 Å². The van der Waals surface area contributed by atoms with Crippen molar-refractivity contribution in [3.63, 3.8) is 0 Å². The van der Waals surface area contributed by atoms with E-state index in [1.54, 1.807) is 18.2 Å². The molecule has 1 heterocycles. The molecule has 0 amide bonds. The zero-order chi connectivity index (χ0) is 27.4. The quantitative estimate of drug-likeness (QED) is 0.172. The summed E-state index contributed by atoms with van der Waals surface area (Å²) in [6, 6.07) is 29.0. The number of halogens is 2. The van der Waals surface area contributed by atoms with Crippen LogP contribution < -0.4 is 14.9 Å². The summed E-state index contributed by atoms with van der Waals surface area (Å²) in [5, 5.41) is 5.32. The standard InChI is InChI=1S/C32H26BCl2NO3/c1-20(2)32-27(31(36-39-32)30-28(34)7-4-8-29(30)35)19-38-26-6-3-5-21(17-26)18-37-25-15-11-23(12-16-25)22-9-13-24(33)14-10-22/h3-17,20H,18-19H2,1-2H3. The molecule has 0 aliphatic heterocycles. The average molecular weight is 554 g/mol. The largest absolute Gasteiger partial charge is 0.489 e. The van der Waals surface area contributed by atoms with E-state index in [4.69, 9.17) is 45.0 Å². The third-order valence-electron chi connectivity index (χ3n) is 6.33. The van der Waals surface area contributed by atoms with E-state index < -0.39 is 0 Å². The molecule has 0 saturated carbocycles. The smallest absolute Gasteiger partial charge is 0.146 e. The van der Waals surface area contributed by atoms with Crippen molar-refractivity contribution >= 4 is 36.5 Å². The van der Waals surface area contributed by atoms with Crippen LogP contribution in [0.1, 0.15) is 36.7 Å². The lowest BCUT2D eigenvalue weighted by Crippen LogP contribution is -2.02. The van der Waals surface area contributed by atoms with Gasteiger partial charge in [0.05, 0.1) is 15.6 Å². The van der Waals surface area contributed by atoms with Gasteiger partial charge in [-0.25, -0.2) is 0 Å². The van der Waals surface area contributed by atoms with E-state index in [-0.39, 0.29) is 12.5 Å². The molecule has 0 saturated heterocycles. The first-order chi connectivity index (χ1) is 18.9. The minimum Gasteiger partial charge on any atom is -0.489 e. The normalized spacial score (nSPS) is 11.1. The van der Waals surface area contributed by atoms with Crippen molar-refractivity contribution < 1.29 is 14.0 Å². The minimum absolute atomic E-state index is 0.109. The van der Waals surface area contributed by atoms with Gasteiger partial charge in [0.2, 0.25) is 0 Å². The van der Waals surface area contributed by atoms with Gasteiger partial charge in [0.1, 0.15) is 44.0 Å². The predicted octanol–water partition coefficient (Wildman–Crippen LogP) is 8.39. The molecule has 0 fully saturated rings. The Hall–Kier alpha value is -3.67. The van der Waals surface area contributed by atoms with Crippen LogP contribution in [0.2, 0.25) is 10.0 Å². The van der Waals surface area contributed by atoms with Crippen molar-refractivity contribution in [2.24, 2.45) is 0 Å². The van der Waals surface area contributed by atoms with Crippen molar-refractivity contribution in [1.29, 1.82) is 0 Å². The summed E-state index contributed by atoms with van der Waals surface area (Å²) in [6.07, 6.45) is 0. The molecule has 194 valence electrons. The average Bonchev–Trinajstić information content (AvgIpc) is 3.35. The van der Waals surface area contributed by atoms with Crippen molar-refractivity contribution in [2.45, 2.75) is 33.0 Å². The van der Waals surface area contributed by atoms with Crippen LogP contribution in [0.5, 0.6) is 11.5 Å². The molecule has 0 spiro atoms. The number of rotatable bonds is 9. The van der Waals surface area contributed by atoms with Crippen molar-refractivity contribution in [3.8, 4) is 33.9 Å². The summed E-state index contributed by atoms with van der Waals surface area (Å²) >= 11 is 12.9. The first kappa shape index (κ1) is 26.9. The van der Waals surface area contributed by atoms with Gasteiger partial charge < -0.3 is 14.0 Å². The molecule has 2 radical (unpaired) electrons. The number of hydrogen-bond donors (Lipinski definition) is 0. The fraction of sp³-hybridized carbons (Fsp3) is 0.156. The van der Waals surface area contributed by atoms with Gasteiger partial charge in [-0.1, -0.05) is 102 Å². The maximum absolute atomic E-state index is 6.47. The van der Waals surface area contributed by atoms with Crippen LogP contribution in [-0.2, 0) is 13.2 Å². The lowest BCUT2D eigenvalue weighted by Gasteiger charge is -2.12. The molecule has 4 aromatic carbocycles. The lowest BCUT2D eigenvalue weighted by atomic mass is 9.94. The van der Waals surface area contributed by atoms with E-state index in [0.717, 1.165) is 39.2 Å². The van der Waals surface area contributed by atoms with Crippen LogP contribution in [0.15, 0.2) is 95.5 Å². The topological polar surface area (TPSA) is 44.5 Å². The van der Waals surface area contributed by atoms with E-state index >= 15 is 0 Å². The molecule has 0 atom stereocenters. The highest BCUT2D eigenvalue weighted by atomic mass is 35.5. The molecule has 5 aromatic rings. The first-order valence-corrected chi connectivity index (χ1v) is 13.4. The third kappa shape index (κ3) is 6.33. The van der Waals surface area contributed by atoms with Crippen LogP contribution in [0, 0.1) is 0 Å². The summed E-state index contributed by atoms with van der Waals surface area (Å²) in [6.45, 7) is 4.75. The first-order valence-electron chi connectivity index (χ1n) is 12.6. The second-order valence-electron chi connectivity index (χ2n) is 9.50. The Bertz CT molecular complexity index is 1540. The molecule has 5 rings (SSSR count). The summed E-state index contributed by atoms with van der Waals surface area (Å²) in [7, 11) is 5.79. The maximum Gasteiger partial charge on any atom is 0.146 e. The molecular formula is C32H26BCl2NO3. The molecule has 0 bridgehead atoms. The minimum atomic E-state index is 0.109. The lowest BCUT2D eigenvalue weighted by molar-refractivity contribution is 0.292. The molecule has 4 nitrogen and oxygen atoms in total. The van der Waals surface area contributed by atoms with Gasteiger partial charge in [-0.05, 0) is 53.1 Å². The van der Waals surface area contributed by atoms with Gasteiger partial charge >= 0.3 is 0 Å². The maximum atomic E-state index is 6.47. The van der Waals surface area contributed by atoms with Gasteiger partial charge in [-0.3, -0.25) is 0 Å². The number of nitrogens with zero attached hydrogens (tertiary/aromatic N) is 1. The Morgan fingerprint density at radius 2 is 1.38 bits per heavy atom. The van der Waals surface area contributed by atoms with E-state index in [0.29, 0.717) is 33.7 Å². The monoisotopic (exact) mass is 553 g/mol. The molecule has 39 heavy (non-hydrogen) atoms. The molecule has 1 aromatic heterocycles. The Morgan fingerprint density at radius 3 is 2.05 bits per heavy atom. The van der Waals surface area contributed by atoms with Gasteiger partial charge in [-0.2, -0.15) is 0 Å². The van der Waals surface area contributed by atoms with Crippen molar-refractivity contribution in [1.82, 2.24) is 5.16 Å². The molecule has 0 unspecified atom stereocenters. The van der Waals surface area contributed by atoms with Crippen molar-refractivity contribution in [2.75, 3.05) is 0 Å². The number of hydrogen-bond acceptors (Lipinski definition) is 4. The Morgan fingerprint density at radius 1 is 0.769 bits per heavy atom. The van der Waals surface area contributed by atoms with E-state index in [1.807, 2.05) is 86.6 Å². The van der Waals surface area contributed by atoms with Crippen LogP contribution >= 0.6 is 23.2 Å². The Kier molecular flexibility index (Phi) is 8.30. The Balaban J connectivity index is 1.27. The summed E-state index contributed by atoms with van der Waals surface area (Å²) < 4.78 is 17.9. The highest BCUT2D eigenvalue weighted by Gasteiger charge is 2.23. The number of aromatic nitrogens is 1. The summed E-state index contributed by atoms with van der Waals surface area (Å²) in [5.74, 6) is 2.34. The third-order valence-corrected chi connectivity index (χ3v) is 6.96. The highest BCUT2D eigenvalue weighted by molar-refractivity contribution is 6.39. The zero-order valence-electron chi connectivity index (χ0n) is 21.7. The van der Waals surface area contributed by atoms with Crippen molar-refractivity contribution in [3.05, 3.63) is 118 Å². The van der Waals surface area contributed by atoms with Gasteiger partial charge in [0, 0.05) is 11.5 Å². The highest BCUT2D eigenvalue weighted by Crippen LogP contribution is 2.38. The van der Waals surface area contributed by atoms with Gasteiger partial charge in [0.25, 0.3) is 0 Å². The zero-order valence-corrected chi connectivity index (χ0v) is 23.2. The van der Waals surface area contributed by atoms with Crippen LogP contribution in [0.4, 0.5) is 0 Å². The van der Waals surface area contributed by atoms with Crippen LogP contribution in [0.3, 0.4) is 0 Å². The fourth-order valence-corrected chi connectivity index (χ4v) is 4.88. The Labute approximate surface area is 239 Å². The predicted molar refractivity (Wildman–Crippen MR) is 158 cm³/mol. The second kappa shape index (κ2) is 12.0. The van der Waals surface area contributed by atoms with E-state index in [9.17, 15) is 0 Å². The fourth-order valence-electron chi connectivity index (χ4n) is 4.30. The number of ether oxygens (including phenoxy) is 2.